The molecule has 16 heteroatoms. The zero-order valence-electron chi connectivity index (χ0n) is 70.9. The predicted molar refractivity (Wildman–Crippen MR) is 531 cm³/mol. The number of aromatic nitrogens is 16. The van der Waals surface area contributed by atoms with Gasteiger partial charge in [0.15, 0.2) is 29.1 Å². The molecule has 12 aromatic carbocycles. The summed E-state index contributed by atoms with van der Waals surface area (Å²) in [6, 6.07) is 145. The minimum atomic E-state index is 0.506. The van der Waals surface area contributed by atoms with Gasteiger partial charge in [-0.15, -0.1) is 0 Å². The number of pyridine rings is 9. The zero-order valence-corrected chi connectivity index (χ0v) is 70.9. The SMILES string of the molecule is c1ccc(-c2cc(-c3cc(-c4ccccc4)nc4c3ccc3ccc(-c5ccccc5)nc34)nc(-c3ccccn3)n2)cc1.c1ccc(-c2cc(-c3ccccn3)nc(-c3cc(-c4ccccc4)nc4c3ccc3ccc(-c5ccccc5)nc34)n2)cc1.c1ccc(-c2ccc3ccc4c(-c5nc(-c6ccccc6)nc(-c6ccccn6)n5)cc(-c5ccccc5)nc4c3n2)cc1. The lowest BCUT2D eigenvalue weighted by molar-refractivity contribution is 1.06. The average Bonchev–Trinajstić information content (AvgIpc) is 0.753. The first-order chi connectivity index (χ1) is 65.4. The molecule has 16 nitrogen and oxygen atoms in total. The zero-order chi connectivity index (χ0) is 87.9. The Morgan fingerprint density at radius 2 is 0.364 bits per heavy atom. The van der Waals surface area contributed by atoms with E-state index in [9.17, 15) is 0 Å². The maximum Gasteiger partial charge on any atom is 0.182 e. The van der Waals surface area contributed by atoms with Crippen LogP contribution in [0.15, 0.2) is 449 Å². The van der Waals surface area contributed by atoms with Crippen molar-refractivity contribution >= 4 is 65.4 Å². The van der Waals surface area contributed by atoms with Crippen molar-refractivity contribution in [3.8, 4) is 170 Å². The molecule has 0 spiro atoms. The number of hydrogen-bond acceptors (Lipinski definition) is 16. The van der Waals surface area contributed by atoms with Crippen LogP contribution in [0.25, 0.3) is 235 Å². The minimum absolute atomic E-state index is 0.506. The van der Waals surface area contributed by atoms with Crippen molar-refractivity contribution in [2.45, 2.75) is 0 Å². The van der Waals surface area contributed by atoms with E-state index in [2.05, 4.69) is 209 Å². The first-order valence-electron chi connectivity index (χ1n) is 43.4. The molecular formula is C116H74N16. The second kappa shape index (κ2) is 36.0. The second-order valence-corrected chi connectivity index (χ2v) is 31.5. The Bertz CT molecular complexity index is 7370. The lowest BCUT2D eigenvalue weighted by atomic mass is 9.98. The summed E-state index contributed by atoms with van der Waals surface area (Å²) in [4.78, 5) is 80.1. The molecular weight excluding hydrogens is 1620 g/mol. The Labute approximate surface area is 759 Å². The number of nitrogens with zero attached hydrogens (tertiary/aromatic N) is 16. The van der Waals surface area contributed by atoms with Crippen LogP contribution >= 0.6 is 0 Å². The van der Waals surface area contributed by atoms with Gasteiger partial charge in [0.2, 0.25) is 0 Å². The number of hydrogen-bond donors (Lipinski definition) is 0. The highest BCUT2D eigenvalue weighted by Gasteiger charge is 2.24. The molecule has 0 N–H and O–H groups in total. The Hall–Kier alpha value is -18.3. The topological polar surface area (TPSA) is 206 Å². The Balaban J connectivity index is 0.000000116. The largest absolute Gasteiger partial charge is 0.255 e. The van der Waals surface area contributed by atoms with Crippen LogP contribution in [0, 0.1) is 0 Å². The number of benzene rings is 12. The fourth-order valence-electron chi connectivity index (χ4n) is 16.5. The van der Waals surface area contributed by atoms with E-state index in [1.807, 2.05) is 237 Å². The fourth-order valence-corrected chi connectivity index (χ4v) is 16.5. The standard InChI is InChI=1S/2C39H25N5.C38H24N6/c1-4-12-26(13-5-1)32-22-20-29-19-21-30-31(24-34(27-14-6-2-7-15-27)42-38(30)37(29)41-32)39-43-35(28-16-8-3-9-17-28)25-36(44-39)33-18-10-11-23-40-33;1-4-12-26(13-5-1)32-22-20-29-19-21-30-31(24-34(27-14-6-2-7-15-27)42-38(30)37(29)41-32)36-25-35(28-16-8-3-9-17-28)43-39(44-36)33-18-10-11-23-40-33;1-4-12-25(13-5-1)31-22-20-27-19-21-29-30(24-33(26-14-6-2-7-15-26)41-35(29)34(27)40-31)37-42-36(28-16-8-3-9-17-28)43-38(44-37)32-18-10-11-23-39-32/h2*1-25H;1-24H. The van der Waals surface area contributed by atoms with Gasteiger partial charge in [-0.05, 0) is 84.9 Å². The van der Waals surface area contributed by atoms with Crippen LogP contribution in [0.3, 0.4) is 0 Å². The van der Waals surface area contributed by atoms with Crippen LogP contribution in [-0.4, -0.2) is 79.7 Å². The molecule has 24 rings (SSSR count). The van der Waals surface area contributed by atoms with Gasteiger partial charge in [-0.25, -0.2) is 64.8 Å². The van der Waals surface area contributed by atoms with E-state index in [4.69, 9.17) is 64.8 Å². The van der Waals surface area contributed by atoms with E-state index in [-0.39, 0.29) is 0 Å². The molecule has 0 atom stereocenters. The summed E-state index contributed by atoms with van der Waals surface area (Å²) in [5.74, 6) is 2.80. The first kappa shape index (κ1) is 79.6. The third kappa shape index (κ3) is 16.5. The molecule has 12 heterocycles. The van der Waals surface area contributed by atoms with E-state index >= 15 is 0 Å². The van der Waals surface area contributed by atoms with Gasteiger partial charge < -0.3 is 0 Å². The van der Waals surface area contributed by atoms with Gasteiger partial charge in [0, 0.05) is 118 Å². The molecule has 0 fully saturated rings. The predicted octanol–water partition coefficient (Wildman–Crippen LogP) is 27.3. The van der Waals surface area contributed by atoms with Crippen LogP contribution in [0.5, 0.6) is 0 Å². The van der Waals surface area contributed by atoms with Crippen molar-refractivity contribution in [1.82, 2.24) is 79.7 Å². The normalized spacial score (nSPS) is 11.2. The Kier molecular flexibility index (Phi) is 21.7. The highest BCUT2D eigenvalue weighted by molar-refractivity contribution is 6.12. The number of fused-ring (bicyclic) bond motifs is 9. The molecule has 24 aromatic rings. The summed E-state index contributed by atoms with van der Waals surface area (Å²) in [7, 11) is 0. The summed E-state index contributed by atoms with van der Waals surface area (Å²) in [5, 5.41) is 5.88. The molecule has 0 amide bonds. The molecule has 12 aromatic heterocycles. The first-order valence-corrected chi connectivity index (χ1v) is 43.4. The van der Waals surface area contributed by atoms with Gasteiger partial charge in [-0.1, -0.05) is 346 Å². The van der Waals surface area contributed by atoms with Gasteiger partial charge in [-0.2, -0.15) is 0 Å². The van der Waals surface area contributed by atoms with Crippen molar-refractivity contribution in [3.05, 3.63) is 449 Å². The van der Waals surface area contributed by atoms with Crippen molar-refractivity contribution in [2.24, 2.45) is 0 Å². The van der Waals surface area contributed by atoms with Gasteiger partial charge in [0.1, 0.15) is 11.4 Å². The Morgan fingerprint density at radius 1 is 0.121 bits per heavy atom. The highest BCUT2D eigenvalue weighted by atomic mass is 15.1. The summed E-state index contributed by atoms with van der Waals surface area (Å²) in [5.41, 5.74) is 27.3. The molecule has 0 aliphatic carbocycles. The van der Waals surface area contributed by atoms with Crippen LogP contribution < -0.4 is 0 Å². The Morgan fingerprint density at radius 3 is 0.720 bits per heavy atom. The smallest absolute Gasteiger partial charge is 0.182 e. The van der Waals surface area contributed by atoms with Crippen LogP contribution in [0.4, 0.5) is 0 Å². The average molecular weight is 1690 g/mol. The molecule has 0 aliphatic rings. The van der Waals surface area contributed by atoms with Crippen molar-refractivity contribution in [2.75, 3.05) is 0 Å². The van der Waals surface area contributed by atoms with E-state index < -0.39 is 0 Å². The highest BCUT2D eigenvalue weighted by Crippen LogP contribution is 2.42. The molecule has 132 heavy (non-hydrogen) atoms. The molecule has 0 aliphatic heterocycles. The molecule has 0 radical (unpaired) electrons. The molecule has 0 saturated heterocycles. The van der Waals surface area contributed by atoms with E-state index in [1.165, 1.54) is 0 Å². The summed E-state index contributed by atoms with van der Waals surface area (Å²) in [6.07, 6.45) is 5.31. The molecule has 0 bridgehead atoms. The fraction of sp³-hybridized carbons (Fsp3) is 0. The third-order valence-corrected chi connectivity index (χ3v) is 23.1. The van der Waals surface area contributed by atoms with Crippen LogP contribution in [0.2, 0.25) is 0 Å². The van der Waals surface area contributed by atoms with Crippen molar-refractivity contribution < 1.29 is 0 Å². The van der Waals surface area contributed by atoms with E-state index in [1.54, 1.807) is 18.6 Å². The monoisotopic (exact) mass is 1690 g/mol. The van der Waals surface area contributed by atoms with E-state index in [0.717, 1.165) is 195 Å². The third-order valence-electron chi connectivity index (χ3n) is 23.1. The van der Waals surface area contributed by atoms with Crippen molar-refractivity contribution in [3.63, 3.8) is 0 Å². The van der Waals surface area contributed by atoms with E-state index in [0.29, 0.717) is 40.5 Å². The quantitative estimate of drug-likeness (QED) is 0.0875. The summed E-state index contributed by atoms with van der Waals surface area (Å²) >= 11 is 0. The van der Waals surface area contributed by atoms with Crippen LogP contribution in [0.1, 0.15) is 0 Å². The van der Waals surface area contributed by atoms with Gasteiger partial charge >= 0.3 is 0 Å². The van der Waals surface area contributed by atoms with Gasteiger partial charge in [0.25, 0.3) is 0 Å². The lowest BCUT2D eigenvalue weighted by Gasteiger charge is -2.14. The maximum absolute atomic E-state index is 5.24. The van der Waals surface area contributed by atoms with Gasteiger partial charge in [-0.3, -0.25) is 15.0 Å². The maximum atomic E-state index is 5.24. The molecule has 618 valence electrons. The minimum Gasteiger partial charge on any atom is -0.255 e. The van der Waals surface area contributed by atoms with Crippen molar-refractivity contribution in [1.29, 1.82) is 0 Å². The molecule has 0 unspecified atom stereocenters. The molecule has 0 saturated carbocycles. The summed E-state index contributed by atoms with van der Waals surface area (Å²) in [6.45, 7) is 0. The lowest BCUT2D eigenvalue weighted by Crippen LogP contribution is -2.02. The number of rotatable bonds is 15. The summed E-state index contributed by atoms with van der Waals surface area (Å²) < 4.78 is 0. The van der Waals surface area contributed by atoms with Gasteiger partial charge in [0.05, 0.1) is 95.7 Å². The second-order valence-electron chi connectivity index (χ2n) is 31.5. The van der Waals surface area contributed by atoms with Crippen LogP contribution in [-0.2, 0) is 0 Å².